The van der Waals surface area contributed by atoms with E-state index < -0.39 is 0 Å². The zero-order chi connectivity index (χ0) is 93.9. The molecule has 3 aromatic carbocycles. The summed E-state index contributed by atoms with van der Waals surface area (Å²) in [6.45, 7) is 85.1. The SMILES string of the molecule is CC(C)C.CC(C)C.CC(C)N1CC[N+](C)(C)CC1.CC(C)N1CC[N+](C)(C)CC1.CC(C)[N+]1(C)CCCC1.CC(C)[N+]1(C)CCCCC1.CC(C)[N+]1(C)CCN(C)CCN(C)CC1.CC(C)[N+]1(C)CCOCC1.CC(C)[N+]1(C)CCc2ccccc21.CC(C)[N+]1(C)CCc2ccccc2C1.C[N+]1(C)CCCC2CCCCC21.C[N+]1(C)Cc2ccccc2C1. The van der Waals surface area contributed by atoms with E-state index >= 15 is 0 Å². The summed E-state index contributed by atoms with van der Waals surface area (Å²) in [4.78, 5) is 10.0. The number of morpholine rings is 1. The summed E-state index contributed by atoms with van der Waals surface area (Å²) in [5.74, 6) is 2.74. The molecule has 14 rings (SSSR count). The monoisotopic (exact) mass is 1740 g/mol. The minimum Gasteiger partial charge on any atom is -0.370 e. The van der Waals surface area contributed by atoms with E-state index in [1.807, 2.05) is 0 Å². The van der Waals surface area contributed by atoms with Crippen LogP contribution in [0.25, 0.3) is 0 Å². The molecule has 11 aliphatic rings. The lowest BCUT2D eigenvalue weighted by Gasteiger charge is -2.48. The second kappa shape index (κ2) is 54.3. The highest BCUT2D eigenvalue weighted by Crippen LogP contribution is 2.38. The molecule has 7 saturated heterocycles. The van der Waals surface area contributed by atoms with Crippen molar-refractivity contribution in [3.05, 3.63) is 101 Å². The lowest BCUT2D eigenvalue weighted by Crippen LogP contribution is -2.56. The molecule has 4 unspecified atom stereocenters. The van der Waals surface area contributed by atoms with Crippen LogP contribution >= 0.6 is 0 Å². The molecule has 722 valence electrons. The second-order valence-corrected chi connectivity index (χ2v) is 48.3. The topological polar surface area (TPSA) is 22.2 Å². The first-order valence-electron chi connectivity index (χ1n) is 51.5. The Labute approximate surface area is 775 Å². The van der Waals surface area contributed by atoms with Crippen LogP contribution < -0.4 is 4.48 Å². The van der Waals surface area contributed by atoms with Gasteiger partial charge in [-0.2, -0.15) is 0 Å². The van der Waals surface area contributed by atoms with Crippen molar-refractivity contribution in [1.82, 2.24) is 24.1 Å². The van der Waals surface area contributed by atoms with Crippen molar-refractivity contribution >= 4 is 5.69 Å². The van der Waals surface area contributed by atoms with Crippen LogP contribution in [0.15, 0.2) is 72.8 Å². The van der Waals surface area contributed by atoms with Crippen molar-refractivity contribution in [2.24, 2.45) is 17.8 Å². The number of ether oxygens (including phenoxy) is 1. The summed E-state index contributed by atoms with van der Waals surface area (Å²) in [7, 11) is 37.4. The molecule has 1 saturated carbocycles. The Kier molecular flexibility index (Phi) is 50.4. The van der Waals surface area contributed by atoms with Gasteiger partial charge in [-0.15, -0.1) is 0 Å². The number of hydrogen-bond acceptors (Lipinski definition) is 5. The summed E-state index contributed by atoms with van der Waals surface area (Å²) >= 11 is 0. The minimum atomic E-state index is 0.684. The number of benzene rings is 3. The minimum absolute atomic E-state index is 0.684. The van der Waals surface area contributed by atoms with Crippen LogP contribution in [0.3, 0.4) is 0 Å². The highest BCUT2D eigenvalue weighted by atomic mass is 16.5. The summed E-state index contributed by atoms with van der Waals surface area (Å²) in [6.07, 6.45) is 18.7. The second-order valence-electron chi connectivity index (χ2n) is 48.3. The molecule has 1 aliphatic carbocycles. The summed E-state index contributed by atoms with van der Waals surface area (Å²) in [5.41, 5.74) is 9.23. The first-order valence-corrected chi connectivity index (χ1v) is 51.5. The van der Waals surface area contributed by atoms with Gasteiger partial charge in [0.15, 0.2) is 0 Å². The zero-order valence-corrected chi connectivity index (χ0v) is 90.5. The van der Waals surface area contributed by atoms with Crippen LogP contribution in [0.5, 0.6) is 0 Å². The third-order valence-electron chi connectivity index (χ3n) is 31.9. The number of piperazine rings is 2. The van der Waals surface area contributed by atoms with Gasteiger partial charge in [0.1, 0.15) is 38.4 Å². The van der Waals surface area contributed by atoms with E-state index in [4.69, 9.17) is 4.74 Å². The van der Waals surface area contributed by atoms with Gasteiger partial charge >= 0.3 is 0 Å². The lowest BCUT2D eigenvalue weighted by atomic mass is 9.77. The molecule has 15 nitrogen and oxygen atoms in total. The molecule has 15 heteroatoms. The number of hydrogen-bond donors (Lipinski definition) is 0. The van der Waals surface area contributed by atoms with Gasteiger partial charge in [0.2, 0.25) is 0 Å². The highest BCUT2D eigenvalue weighted by molar-refractivity contribution is 5.54. The Morgan fingerprint density at radius 3 is 0.976 bits per heavy atom. The Morgan fingerprint density at radius 1 is 0.282 bits per heavy atom. The Hall–Kier alpha value is -2.94. The van der Waals surface area contributed by atoms with E-state index in [-0.39, 0.29) is 0 Å². The van der Waals surface area contributed by atoms with Gasteiger partial charge in [0.25, 0.3) is 0 Å². The van der Waals surface area contributed by atoms with Crippen molar-refractivity contribution in [3.8, 4) is 0 Å². The molecule has 0 radical (unpaired) electrons. The third kappa shape index (κ3) is 41.1. The van der Waals surface area contributed by atoms with Crippen molar-refractivity contribution < 1.29 is 45.1 Å². The molecule has 0 amide bonds. The quantitative estimate of drug-likeness (QED) is 0.209. The van der Waals surface area contributed by atoms with Gasteiger partial charge < -0.3 is 45.1 Å². The number of quaternary nitrogens is 10. The van der Waals surface area contributed by atoms with Crippen LogP contribution in [0.2, 0.25) is 0 Å². The Bertz CT molecular complexity index is 3160. The predicted molar refractivity (Wildman–Crippen MR) is 547 cm³/mol. The summed E-state index contributed by atoms with van der Waals surface area (Å²) in [5, 5.41) is 0. The van der Waals surface area contributed by atoms with Gasteiger partial charge in [0, 0.05) is 118 Å². The average molecular weight is 1740 g/mol. The van der Waals surface area contributed by atoms with Crippen molar-refractivity contribution in [3.63, 3.8) is 0 Å². The molecular formula is C109H220N14O+10. The zero-order valence-electron chi connectivity index (χ0n) is 90.5. The van der Waals surface area contributed by atoms with E-state index in [0.29, 0.717) is 6.04 Å². The van der Waals surface area contributed by atoms with Crippen molar-refractivity contribution in [1.29, 1.82) is 0 Å². The summed E-state index contributed by atoms with van der Waals surface area (Å²) < 4.78 is 17.4. The van der Waals surface area contributed by atoms with Crippen LogP contribution in [0.1, 0.15) is 251 Å². The molecule has 10 aliphatic heterocycles. The standard InChI is InChI=1S/C13H20N.C12H28N3.C12H18N.C11H22N.C10H14N.2C9H21N2.C9H20N.C8H18NO.C8H18N.2C4H10/c1-11(2)14(3)9-8-12-6-4-5-7-13(12)10-14;1-12(2)15(5)10-8-13(3)6-7-14(4)9-11-15;1-10(2)13(3)9-8-11-6-4-5-7-12(11)13;1-12(2)9-5-7-10-6-3-4-8-11(10)12;1-11(2)7-9-5-3-4-6-10(9)8-11;2*1-9(2)10-5-7-11(3,4)8-6-10;1-9(2)10(3)7-5-4-6-8-10;1-8(2)9(3)4-6-10-7-5-9;1-8(2)9(3)6-4-5-7-9;2*1-4(2)3/h4-7,11H,8-10H2,1-3H3;12H,6-11H2,1-5H3;4-7,10H,8-9H2,1-3H3;10-11H,3-9H2,1-2H3;3-6H,7-8H2,1-2H3;2*9H,5-8H2,1-4H3;9H,4-8H2,1-3H3;8H,4-7H2,1-3H3;8H,4-7H2,1-3H3;2*4H,1-3H3/q10*+1;;. The summed E-state index contributed by atoms with van der Waals surface area (Å²) in [6, 6.07) is 33.5. The molecule has 0 spiro atoms. The number of rotatable bonds is 8. The fourth-order valence-corrected chi connectivity index (χ4v) is 19.4. The van der Waals surface area contributed by atoms with Crippen molar-refractivity contribution in [2.75, 3.05) is 277 Å². The Morgan fingerprint density at radius 2 is 0.613 bits per heavy atom. The van der Waals surface area contributed by atoms with Gasteiger partial charge in [0.05, 0.1) is 239 Å². The Balaban J connectivity index is 0.000000353. The van der Waals surface area contributed by atoms with Gasteiger partial charge in [-0.05, 0) is 200 Å². The van der Waals surface area contributed by atoms with Crippen LogP contribution in [-0.4, -0.2) is 391 Å². The number of likely N-dealkylation sites (tertiary alicyclic amines) is 3. The fourth-order valence-electron chi connectivity index (χ4n) is 19.4. The maximum Gasteiger partial charge on any atom is 0.136 e. The normalized spacial score (nSPS) is 25.6. The average Bonchev–Trinajstić information content (AvgIpc) is 1.71. The predicted octanol–water partition coefficient (Wildman–Crippen LogP) is 19.5. The fraction of sp³-hybridized carbons (Fsp3) is 0.835. The molecule has 0 aromatic heterocycles. The third-order valence-corrected chi connectivity index (χ3v) is 31.9. The molecular weight excluding hydrogens is 1520 g/mol. The molecule has 0 N–H and O–H groups in total. The molecule has 3 aromatic rings. The number of piperidine rings is 2. The smallest absolute Gasteiger partial charge is 0.136 e. The van der Waals surface area contributed by atoms with Crippen LogP contribution in [-0.2, 0) is 37.2 Å². The lowest BCUT2D eigenvalue weighted by molar-refractivity contribution is -0.944. The number of para-hydroxylation sites is 1. The van der Waals surface area contributed by atoms with E-state index in [9.17, 15) is 0 Å². The van der Waals surface area contributed by atoms with E-state index in [1.54, 1.807) is 16.7 Å². The number of nitrogens with zero attached hydrogens (tertiary/aromatic N) is 14. The molecule has 8 fully saturated rings. The van der Waals surface area contributed by atoms with E-state index in [2.05, 4.69) is 357 Å². The van der Waals surface area contributed by atoms with Gasteiger partial charge in [-0.1, -0.05) is 115 Å². The molecule has 0 bridgehead atoms. The van der Waals surface area contributed by atoms with Crippen LogP contribution in [0.4, 0.5) is 5.69 Å². The first kappa shape index (κ1) is 115. The van der Waals surface area contributed by atoms with Crippen LogP contribution in [0, 0.1) is 17.8 Å². The van der Waals surface area contributed by atoms with Gasteiger partial charge in [-0.3, -0.25) is 24.1 Å². The van der Waals surface area contributed by atoms with Crippen molar-refractivity contribution in [2.45, 2.75) is 310 Å². The first-order chi connectivity index (χ1) is 57.5. The number of likely N-dealkylation sites (N-methyl/N-ethyl adjacent to an activating group) is 8. The number of fused-ring (bicyclic) bond motifs is 4. The molecule has 124 heavy (non-hydrogen) atoms. The van der Waals surface area contributed by atoms with E-state index in [1.165, 1.54) is 306 Å². The van der Waals surface area contributed by atoms with E-state index in [0.717, 1.165) is 88.3 Å². The highest BCUT2D eigenvalue weighted by Gasteiger charge is 2.42. The van der Waals surface area contributed by atoms with Gasteiger partial charge in [-0.25, -0.2) is 0 Å². The maximum absolute atomic E-state index is 5.30. The molecule has 10 heterocycles. The maximum atomic E-state index is 5.30. The largest absolute Gasteiger partial charge is 0.370 e. The molecule has 4 atom stereocenters.